The molecule has 156 valence electrons. The SMILES string of the molecule is CN(C)C=Nc1nc(N(CCCCc2ccccc2)C2CC2)nc(C(C)(C)F)n1. The first-order valence-corrected chi connectivity index (χ1v) is 10.3. The van der Waals surface area contributed by atoms with E-state index in [0.29, 0.717) is 12.0 Å². The average molecular weight is 399 g/mol. The average Bonchev–Trinajstić information content (AvgIpc) is 3.51. The summed E-state index contributed by atoms with van der Waals surface area (Å²) in [6, 6.07) is 10.9. The molecule has 0 bridgehead atoms. The molecule has 0 spiro atoms. The molecule has 1 fully saturated rings. The lowest BCUT2D eigenvalue weighted by atomic mass is 10.1. The maximum Gasteiger partial charge on any atom is 0.255 e. The van der Waals surface area contributed by atoms with Crippen molar-refractivity contribution in [2.24, 2.45) is 4.99 Å². The lowest BCUT2D eigenvalue weighted by Crippen LogP contribution is -2.30. The first-order chi connectivity index (χ1) is 13.8. The van der Waals surface area contributed by atoms with Gasteiger partial charge in [-0.2, -0.15) is 15.0 Å². The van der Waals surface area contributed by atoms with E-state index in [9.17, 15) is 4.39 Å². The third-order valence-corrected chi connectivity index (χ3v) is 4.75. The van der Waals surface area contributed by atoms with E-state index in [1.165, 1.54) is 19.4 Å². The summed E-state index contributed by atoms with van der Waals surface area (Å²) in [7, 11) is 3.74. The summed E-state index contributed by atoms with van der Waals surface area (Å²) in [5.41, 5.74) is -0.296. The van der Waals surface area contributed by atoms with Crippen LogP contribution in [0.25, 0.3) is 0 Å². The molecule has 1 aliphatic rings. The zero-order valence-corrected chi connectivity index (χ0v) is 17.8. The molecule has 1 aromatic carbocycles. The molecule has 0 aliphatic heterocycles. The van der Waals surface area contributed by atoms with Gasteiger partial charge in [0, 0.05) is 26.7 Å². The third kappa shape index (κ3) is 6.48. The smallest absolute Gasteiger partial charge is 0.255 e. The van der Waals surface area contributed by atoms with Crippen LogP contribution >= 0.6 is 0 Å². The summed E-state index contributed by atoms with van der Waals surface area (Å²) in [5, 5.41) is 0. The van der Waals surface area contributed by atoms with E-state index in [2.05, 4.69) is 49.1 Å². The normalized spacial score (nSPS) is 14.4. The van der Waals surface area contributed by atoms with Gasteiger partial charge in [-0.3, -0.25) is 0 Å². The molecule has 1 heterocycles. The summed E-state index contributed by atoms with van der Waals surface area (Å²) < 4.78 is 14.6. The van der Waals surface area contributed by atoms with Crippen LogP contribution in [-0.2, 0) is 12.1 Å². The van der Waals surface area contributed by atoms with Crippen LogP contribution in [0.2, 0.25) is 0 Å². The van der Waals surface area contributed by atoms with E-state index >= 15 is 0 Å². The standard InChI is InChI=1S/C22H31FN6/c1-22(2,23)19-25-20(24-16-28(3)4)27-21(26-19)29(18-13-14-18)15-9-8-12-17-10-6-5-7-11-17/h5-7,10-11,16,18H,8-9,12-15H2,1-4H3. The first kappa shape index (κ1) is 21.1. The Morgan fingerprint density at radius 1 is 1.10 bits per heavy atom. The fourth-order valence-electron chi connectivity index (χ4n) is 3.06. The van der Waals surface area contributed by atoms with E-state index in [0.717, 1.165) is 38.6 Å². The lowest BCUT2D eigenvalue weighted by Gasteiger charge is -2.24. The van der Waals surface area contributed by atoms with Gasteiger partial charge >= 0.3 is 0 Å². The van der Waals surface area contributed by atoms with Crippen LogP contribution in [-0.4, -0.2) is 52.9 Å². The van der Waals surface area contributed by atoms with Crippen molar-refractivity contribution in [1.29, 1.82) is 0 Å². The highest BCUT2D eigenvalue weighted by Gasteiger charge is 2.33. The second kappa shape index (κ2) is 9.29. The molecule has 1 aliphatic carbocycles. The van der Waals surface area contributed by atoms with Crippen LogP contribution in [0.5, 0.6) is 0 Å². The number of aromatic nitrogens is 3. The molecular formula is C22H31FN6. The van der Waals surface area contributed by atoms with Crippen LogP contribution in [0.3, 0.4) is 0 Å². The van der Waals surface area contributed by atoms with Gasteiger partial charge in [-0.15, -0.1) is 0 Å². The van der Waals surface area contributed by atoms with Gasteiger partial charge in [0.25, 0.3) is 5.95 Å². The highest BCUT2D eigenvalue weighted by molar-refractivity contribution is 5.58. The number of benzene rings is 1. The first-order valence-electron chi connectivity index (χ1n) is 10.3. The van der Waals surface area contributed by atoms with E-state index < -0.39 is 5.67 Å². The molecule has 0 unspecified atom stereocenters. The van der Waals surface area contributed by atoms with Crippen molar-refractivity contribution in [2.75, 3.05) is 25.5 Å². The number of hydrogen-bond donors (Lipinski definition) is 0. The van der Waals surface area contributed by atoms with Gasteiger partial charge in [-0.25, -0.2) is 9.38 Å². The van der Waals surface area contributed by atoms with Crippen LogP contribution in [0.15, 0.2) is 35.3 Å². The highest BCUT2D eigenvalue weighted by atomic mass is 19.1. The predicted octanol–water partition coefficient (Wildman–Crippen LogP) is 4.29. The fourth-order valence-corrected chi connectivity index (χ4v) is 3.06. The number of nitrogens with zero attached hydrogens (tertiary/aromatic N) is 6. The molecule has 0 atom stereocenters. The zero-order valence-electron chi connectivity index (χ0n) is 17.8. The van der Waals surface area contributed by atoms with Gasteiger partial charge < -0.3 is 9.80 Å². The van der Waals surface area contributed by atoms with Crippen LogP contribution in [0, 0.1) is 0 Å². The van der Waals surface area contributed by atoms with E-state index in [-0.39, 0.29) is 11.8 Å². The molecule has 29 heavy (non-hydrogen) atoms. The molecule has 2 aromatic rings. The van der Waals surface area contributed by atoms with Gasteiger partial charge in [-0.05, 0) is 51.5 Å². The number of rotatable bonds is 10. The number of unbranched alkanes of at least 4 members (excludes halogenated alkanes) is 1. The maximum atomic E-state index is 14.6. The maximum absolute atomic E-state index is 14.6. The number of alkyl halides is 1. The molecule has 7 heteroatoms. The van der Waals surface area contributed by atoms with Crippen molar-refractivity contribution in [3.05, 3.63) is 41.7 Å². The summed E-state index contributed by atoms with van der Waals surface area (Å²) in [6.07, 6.45) is 7.03. The number of aryl methyl sites for hydroxylation is 1. The van der Waals surface area contributed by atoms with Crippen LogP contribution < -0.4 is 4.90 Å². The quantitative estimate of drug-likeness (QED) is 0.339. The van der Waals surface area contributed by atoms with Gasteiger partial charge in [0.1, 0.15) is 0 Å². The summed E-state index contributed by atoms with van der Waals surface area (Å²) in [6.45, 7) is 3.78. The molecule has 0 radical (unpaired) electrons. The minimum atomic E-state index is -1.65. The predicted molar refractivity (Wildman–Crippen MR) is 116 cm³/mol. The molecule has 0 saturated heterocycles. The Morgan fingerprint density at radius 3 is 2.45 bits per heavy atom. The second-order valence-electron chi connectivity index (χ2n) is 8.31. The molecule has 1 saturated carbocycles. The molecule has 1 aromatic heterocycles. The molecule has 6 nitrogen and oxygen atoms in total. The van der Waals surface area contributed by atoms with Gasteiger partial charge in [-0.1, -0.05) is 30.3 Å². The molecule has 0 amide bonds. The second-order valence-corrected chi connectivity index (χ2v) is 8.31. The number of halogens is 1. The summed E-state index contributed by atoms with van der Waals surface area (Å²) in [4.78, 5) is 21.5. The van der Waals surface area contributed by atoms with E-state index in [1.54, 1.807) is 11.2 Å². The van der Waals surface area contributed by atoms with E-state index in [1.807, 2.05) is 20.2 Å². The Labute approximate surface area is 172 Å². The minimum Gasteiger partial charge on any atom is -0.369 e. The Kier molecular flexibility index (Phi) is 6.77. The molecule has 3 rings (SSSR count). The number of anilines is 1. The van der Waals surface area contributed by atoms with Gasteiger partial charge in [0.15, 0.2) is 11.5 Å². The fraction of sp³-hybridized carbons (Fsp3) is 0.545. The lowest BCUT2D eigenvalue weighted by molar-refractivity contribution is 0.206. The zero-order chi connectivity index (χ0) is 20.9. The highest BCUT2D eigenvalue weighted by Crippen LogP contribution is 2.32. The Morgan fingerprint density at radius 2 is 1.83 bits per heavy atom. The molecular weight excluding hydrogens is 367 g/mol. The van der Waals surface area contributed by atoms with Crippen molar-refractivity contribution in [3.8, 4) is 0 Å². The van der Waals surface area contributed by atoms with Crippen LogP contribution in [0.4, 0.5) is 16.3 Å². The summed E-state index contributed by atoms with van der Waals surface area (Å²) in [5.74, 6) is 0.913. The van der Waals surface area contributed by atoms with Crippen molar-refractivity contribution in [2.45, 2.75) is 57.7 Å². The monoisotopic (exact) mass is 398 g/mol. The Bertz CT molecular complexity index is 812. The topological polar surface area (TPSA) is 57.5 Å². The number of aliphatic imine (C=N–C) groups is 1. The third-order valence-electron chi connectivity index (χ3n) is 4.75. The van der Waals surface area contributed by atoms with Crippen molar-refractivity contribution >= 4 is 18.2 Å². The summed E-state index contributed by atoms with van der Waals surface area (Å²) >= 11 is 0. The minimum absolute atomic E-state index is 0.128. The number of hydrogen-bond acceptors (Lipinski definition) is 5. The largest absolute Gasteiger partial charge is 0.369 e. The van der Waals surface area contributed by atoms with Crippen molar-refractivity contribution < 1.29 is 4.39 Å². The molecule has 0 N–H and O–H groups in total. The van der Waals surface area contributed by atoms with Crippen molar-refractivity contribution in [3.63, 3.8) is 0 Å². The Hall–Kier alpha value is -2.57. The van der Waals surface area contributed by atoms with Crippen LogP contribution in [0.1, 0.15) is 50.9 Å². The van der Waals surface area contributed by atoms with E-state index in [4.69, 9.17) is 0 Å². The van der Waals surface area contributed by atoms with Crippen molar-refractivity contribution in [1.82, 2.24) is 19.9 Å². The Balaban J connectivity index is 1.74. The van der Waals surface area contributed by atoms with Gasteiger partial charge in [0.2, 0.25) is 5.95 Å². The van der Waals surface area contributed by atoms with Gasteiger partial charge in [0.05, 0.1) is 6.34 Å².